The van der Waals surface area contributed by atoms with Crippen molar-refractivity contribution in [1.29, 1.82) is 0 Å². The molecule has 3 rings (SSSR count). The van der Waals surface area contributed by atoms with E-state index in [1.807, 2.05) is 0 Å². The van der Waals surface area contributed by atoms with E-state index in [0.717, 1.165) is 26.2 Å². The zero-order valence-corrected chi connectivity index (χ0v) is 13.5. The van der Waals surface area contributed by atoms with Crippen molar-refractivity contribution in [2.24, 2.45) is 5.92 Å². The minimum atomic E-state index is -0.284. The van der Waals surface area contributed by atoms with Crippen LogP contribution in [0.5, 0.6) is 5.75 Å². The molecule has 1 N–H and O–H groups in total. The molecule has 6 nitrogen and oxygen atoms in total. The molecule has 1 aromatic carbocycles. The molecule has 1 atom stereocenters. The molecule has 0 radical (unpaired) electrons. The number of hydrogen-bond acceptors (Lipinski definition) is 4. The molecule has 2 heterocycles. The van der Waals surface area contributed by atoms with Gasteiger partial charge in [0, 0.05) is 30.2 Å². The average Bonchev–Trinajstić information content (AvgIpc) is 3.20. The summed E-state index contributed by atoms with van der Waals surface area (Å²) in [5.41, 5.74) is 0.386. The standard InChI is InChI=1S/C16H18ClN3O3/c1-22-14-3-2-12(17)8-13(14)16(21)19-15-4-6-18-20(15)9-11-5-7-23-10-11/h2-4,6,8,11H,5,7,9-10H2,1H3,(H,19,21)/t11-/m0/s1. The number of aromatic nitrogens is 2. The first-order valence-electron chi connectivity index (χ1n) is 7.42. The van der Waals surface area contributed by atoms with Crippen molar-refractivity contribution in [1.82, 2.24) is 9.78 Å². The third-order valence-electron chi connectivity index (χ3n) is 3.82. The number of ether oxygens (including phenoxy) is 2. The van der Waals surface area contributed by atoms with E-state index in [4.69, 9.17) is 21.1 Å². The molecular formula is C16H18ClN3O3. The summed E-state index contributed by atoms with van der Waals surface area (Å²) in [6, 6.07) is 6.71. The number of methoxy groups -OCH3 is 1. The lowest BCUT2D eigenvalue weighted by molar-refractivity contribution is 0.102. The van der Waals surface area contributed by atoms with Crippen LogP contribution in [0.2, 0.25) is 5.02 Å². The predicted molar refractivity (Wildman–Crippen MR) is 87.1 cm³/mol. The zero-order chi connectivity index (χ0) is 16.2. The Morgan fingerprint density at radius 1 is 1.52 bits per heavy atom. The van der Waals surface area contributed by atoms with Crippen LogP contribution in [0.1, 0.15) is 16.8 Å². The largest absolute Gasteiger partial charge is 0.496 e. The molecule has 0 bridgehead atoms. The summed E-state index contributed by atoms with van der Waals surface area (Å²) in [4.78, 5) is 12.5. The molecule has 0 saturated carbocycles. The van der Waals surface area contributed by atoms with Crippen LogP contribution in [0.15, 0.2) is 30.5 Å². The first kappa shape index (κ1) is 15.8. The van der Waals surface area contributed by atoms with E-state index in [9.17, 15) is 4.79 Å². The van der Waals surface area contributed by atoms with Crippen LogP contribution in [0, 0.1) is 5.92 Å². The first-order valence-corrected chi connectivity index (χ1v) is 7.79. The fourth-order valence-electron chi connectivity index (χ4n) is 2.60. The Bertz CT molecular complexity index is 696. The lowest BCUT2D eigenvalue weighted by Crippen LogP contribution is -2.19. The van der Waals surface area contributed by atoms with Crippen LogP contribution in [0.4, 0.5) is 5.82 Å². The highest BCUT2D eigenvalue weighted by Crippen LogP contribution is 2.24. The van der Waals surface area contributed by atoms with Crippen molar-refractivity contribution in [3.05, 3.63) is 41.0 Å². The number of nitrogens with zero attached hydrogens (tertiary/aromatic N) is 2. The molecule has 1 fully saturated rings. The second kappa shape index (κ2) is 7.02. The Kier molecular flexibility index (Phi) is 4.83. The van der Waals surface area contributed by atoms with Crippen molar-refractivity contribution in [3.63, 3.8) is 0 Å². The van der Waals surface area contributed by atoms with E-state index in [1.165, 1.54) is 7.11 Å². The zero-order valence-electron chi connectivity index (χ0n) is 12.8. The van der Waals surface area contributed by atoms with E-state index < -0.39 is 0 Å². The highest BCUT2D eigenvalue weighted by atomic mass is 35.5. The third-order valence-corrected chi connectivity index (χ3v) is 4.05. The van der Waals surface area contributed by atoms with Crippen LogP contribution < -0.4 is 10.1 Å². The van der Waals surface area contributed by atoms with E-state index in [0.29, 0.717) is 28.1 Å². The van der Waals surface area contributed by atoms with Gasteiger partial charge in [-0.15, -0.1) is 0 Å². The van der Waals surface area contributed by atoms with Crippen LogP contribution in [0.3, 0.4) is 0 Å². The lowest BCUT2D eigenvalue weighted by atomic mass is 10.1. The van der Waals surface area contributed by atoms with Gasteiger partial charge in [-0.1, -0.05) is 11.6 Å². The van der Waals surface area contributed by atoms with Gasteiger partial charge in [-0.2, -0.15) is 5.10 Å². The van der Waals surface area contributed by atoms with Crippen molar-refractivity contribution in [2.75, 3.05) is 25.6 Å². The SMILES string of the molecule is COc1ccc(Cl)cc1C(=O)Nc1ccnn1C[C@@H]1CCOC1. The number of carbonyl (C=O) groups is 1. The number of benzene rings is 1. The van der Waals surface area contributed by atoms with Crippen molar-refractivity contribution < 1.29 is 14.3 Å². The molecule has 1 aliphatic rings. The molecule has 1 saturated heterocycles. The van der Waals surface area contributed by atoms with E-state index in [1.54, 1.807) is 35.1 Å². The smallest absolute Gasteiger partial charge is 0.260 e. The number of hydrogen-bond donors (Lipinski definition) is 1. The van der Waals surface area contributed by atoms with Crippen LogP contribution in [-0.2, 0) is 11.3 Å². The molecule has 1 amide bonds. The average molecular weight is 336 g/mol. The van der Waals surface area contributed by atoms with E-state index in [2.05, 4.69) is 10.4 Å². The number of nitrogens with one attached hydrogen (secondary N) is 1. The van der Waals surface area contributed by atoms with Gasteiger partial charge >= 0.3 is 0 Å². The summed E-state index contributed by atoms with van der Waals surface area (Å²) >= 11 is 5.98. The van der Waals surface area contributed by atoms with Gasteiger partial charge < -0.3 is 14.8 Å². The van der Waals surface area contributed by atoms with Crippen LogP contribution in [-0.4, -0.2) is 36.0 Å². The van der Waals surface area contributed by atoms with Gasteiger partial charge in [-0.3, -0.25) is 4.79 Å². The number of halogens is 1. The quantitative estimate of drug-likeness (QED) is 0.912. The van der Waals surface area contributed by atoms with Crippen molar-refractivity contribution in [3.8, 4) is 5.75 Å². The monoisotopic (exact) mass is 335 g/mol. The minimum absolute atomic E-state index is 0.284. The second-order valence-corrected chi connectivity index (χ2v) is 5.86. The van der Waals surface area contributed by atoms with E-state index in [-0.39, 0.29) is 5.91 Å². The summed E-state index contributed by atoms with van der Waals surface area (Å²) < 4.78 is 12.4. The van der Waals surface area contributed by atoms with Gasteiger partial charge in [-0.25, -0.2) is 4.68 Å². The number of carbonyl (C=O) groups excluding carboxylic acids is 1. The van der Waals surface area contributed by atoms with Gasteiger partial charge in [0.05, 0.1) is 25.5 Å². The first-order chi connectivity index (χ1) is 11.2. The molecule has 1 aliphatic heterocycles. The van der Waals surface area contributed by atoms with Crippen LogP contribution in [0.25, 0.3) is 0 Å². The van der Waals surface area contributed by atoms with Crippen LogP contribution >= 0.6 is 11.6 Å². The Hall–Kier alpha value is -2.05. The molecule has 0 aliphatic carbocycles. The molecule has 0 spiro atoms. The summed E-state index contributed by atoms with van der Waals surface area (Å²) in [5, 5.41) is 7.62. The molecule has 2 aromatic rings. The highest BCUT2D eigenvalue weighted by molar-refractivity contribution is 6.31. The normalized spacial score (nSPS) is 17.2. The Morgan fingerprint density at radius 3 is 3.13 bits per heavy atom. The van der Waals surface area contributed by atoms with Gasteiger partial charge in [0.2, 0.25) is 0 Å². The molecular weight excluding hydrogens is 318 g/mol. The van der Waals surface area contributed by atoms with Crippen molar-refractivity contribution >= 4 is 23.3 Å². The molecule has 122 valence electrons. The summed E-state index contributed by atoms with van der Waals surface area (Å²) in [6.45, 7) is 2.23. The van der Waals surface area contributed by atoms with E-state index >= 15 is 0 Å². The second-order valence-electron chi connectivity index (χ2n) is 5.43. The van der Waals surface area contributed by atoms with Gasteiger partial charge in [0.25, 0.3) is 5.91 Å². The fraction of sp³-hybridized carbons (Fsp3) is 0.375. The Labute approximate surface area is 139 Å². The summed E-state index contributed by atoms with van der Waals surface area (Å²) in [7, 11) is 1.52. The maximum absolute atomic E-state index is 12.5. The van der Waals surface area contributed by atoms with Gasteiger partial charge in [0.1, 0.15) is 11.6 Å². The molecule has 1 aromatic heterocycles. The lowest BCUT2D eigenvalue weighted by Gasteiger charge is -2.13. The van der Waals surface area contributed by atoms with Gasteiger partial charge in [0.15, 0.2) is 0 Å². The topological polar surface area (TPSA) is 65.4 Å². The number of rotatable bonds is 5. The third kappa shape index (κ3) is 3.65. The summed E-state index contributed by atoms with van der Waals surface area (Å²) in [5.74, 6) is 1.26. The Morgan fingerprint density at radius 2 is 2.39 bits per heavy atom. The molecule has 23 heavy (non-hydrogen) atoms. The number of amides is 1. The van der Waals surface area contributed by atoms with Gasteiger partial charge in [-0.05, 0) is 24.6 Å². The maximum atomic E-state index is 12.5. The summed E-state index contributed by atoms with van der Waals surface area (Å²) in [6.07, 6.45) is 2.68. The van der Waals surface area contributed by atoms with Crippen molar-refractivity contribution in [2.45, 2.75) is 13.0 Å². The number of anilines is 1. The fourth-order valence-corrected chi connectivity index (χ4v) is 2.77. The highest BCUT2D eigenvalue weighted by Gasteiger charge is 2.19. The minimum Gasteiger partial charge on any atom is -0.496 e. The Balaban J connectivity index is 1.76. The molecule has 0 unspecified atom stereocenters. The molecule has 7 heteroatoms. The maximum Gasteiger partial charge on any atom is 0.260 e. The predicted octanol–water partition coefficient (Wildman–Crippen LogP) is 2.83.